The fourth-order valence-corrected chi connectivity index (χ4v) is 5.65. The van der Waals surface area contributed by atoms with E-state index in [1.54, 1.807) is 24.3 Å². The second kappa shape index (κ2) is 11.2. The van der Waals surface area contributed by atoms with Crippen molar-refractivity contribution < 1.29 is 13.2 Å². The lowest BCUT2D eigenvalue weighted by atomic mass is 10.2. The highest BCUT2D eigenvalue weighted by Gasteiger charge is 2.27. The molecule has 0 atom stereocenters. The third kappa shape index (κ3) is 6.07. The van der Waals surface area contributed by atoms with Crippen LogP contribution >= 0.6 is 23.7 Å². The van der Waals surface area contributed by atoms with Gasteiger partial charge in [0.1, 0.15) is 5.75 Å². The molecule has 0 fully saturated rings. The first-order valence-corrected chi connectivity index (χ1v) is 12.9. The van der Waals surface area contributed by atoms with Crippen molar-refractivity contribution in [2.45, 2.75) is 32.6 Å². The normalized spacial score (nSPS) is 11.5. The van der Waals surface area contributed by atoms with Gasteiger partial charge in [0.25, 0.3) is 0 Å². The van der Waals surface area contributed by atoms with E-state index >= 15 is 0 Å². The van der Waals surface area contributed by atoms with Crippen LogP contribution in [0.3, 0.4) is 0 Å². The number of aromatic nitrogens is 1. The molecule has 2 aromatic carbocycles. The van der Waals surface area contributed by atoms with Crippen LogP contribution in [0.4, 0.5) is 5.13 Å². The summed E-state index contributed by atoms with van der Waals surface area (Å²) in [6.07, 6.45) is 0. The van der Waals surface area contributed by atoms with Crippen molar-refractivity contribution in [2.75, 3.05) is 36.8 Å². The summed E-state index contributed by atoms with van der Waals surface area (Å²) < 4.78 is 26.8. The molecule has 1 heterocycles. The molecular weight excluding hydrogens is 466 g/mol. The predicted molar refractivity (Wildman–Crippen MR) is 135 cm³/mol. The zero-order chi connectivity index (χ0) is 22.6. The van der Waals surface area contributed by atoms with Crippen molar-refractivity contribution in [3.8, 4) is 0 Å². The molecule has 0 bridgehead atoms. The summed E-state index contributed by atoms with van der Waals surface area (Å²) in [6.45, 7) is 10.8. The number of rotatable bonds is 9. The topological polar surface area (TPSA) is 70.6 Å². The number of nitrogens with zero attached hydrogens (tertiary/aromatic N) is 3. The van der Waals surface area contributed by atoms with Crippen molar-refractivity contribution in [1.29, 1.82) is 0 Å². The molecule has 174 valence electrons. The van der Waals surface area contributed by atoms with Gasteiger partial charge < -0.3 is 4.90 Å². The van der Waals surface area contributed by atoms with E-state index in [1.165, 1.54) is 16.2 Å². The smallest absolute Gasteiger partial charge is 0.244 e. The van der Waals surface area contributed by atoms with Crippen molar-refractivity contribution in [3.05, 3.63) is 53.6 Å². The lowest BCUT2D eigenvalue weighted by Gasteiger charge is -2.24. The number of likely N-dealkylation sites (N-methyl/N-ethyl adjacent to an activating group) is 1. The first-order valence-electron chi connectivity index (χ1n) is 10.4. The molecule has 1 amide bonds. The van der Waals surface area contributed by atoms with Gasteiger partial charge in [-0.3, -0.25) is 9.69 Å². The van der Waals surface area contributed by atoms with Gasteiger partial charge in [-0.2, -0.15) is 0 Å². The van der Waals surface area contributed by atoms with E-state index in [0.717, 1.165) is 34.4 Å². The predicted octanol–water partition coefficient (Wildman–Crippen LogP) is 4.48. The van der Waals surface area contributed by atoms with Gasteiger partial charge in [0.2, 0.25) is 5.91 Å². The van der Waals surface area contributed by atoms with E-state index in [0.29, 0.717) is 18.2 Å². The van der Waals surface area contributed by atoms with Gasteiger partial charge in [-0.05, 0) is 50.7 Å². The molecular formula is C23H30ClN3O3S2. The Kier molecular flexibility index (Phi) is 9.21. The number of sulfone groups is 1. The summed E-state index contributed by atoms with van der Waals surface area (Å²) in [5.41, 5.74) is 2.85. The maximum absolute atomic E-state index is 13.2. The molecule has 0 aliphatic heterocycles. The highest BCUT2D eigenvalue weighted by Crippen LogP contribution is 2.31. The third-order valence-electron chi connectivity index (χ3n) is 5.37. The van der Waals surface area contributed by atoms with Crippen LogP contribution in [-0.2, 0) is 14.6 Å². The van der Waals surface area contributed by atoms with E-state index in [1.807, 2.05) is 32.0 Å². The Balaban J connectivity index is 0.00000363. The highest BCUT2D eigenvalue weighted by atomic mass is 35.5. The second-order valence-corrected chi connectivity index (χ2v) is 10.6. The first kappa shape index (κ1) is 26.3. The van der Waals surface area contributed by atoms with Crippen molar-refractivity contribution in [1.82, 2.24) is 9.88 Å². The molecule has 0 radical (unpaired) electrons. The van der Waals surface area contributed by atoms with Gasteiger partial charge in [-0.1, -0.05) is 55.0 Å². The van der Waals surface area contributed by atoms with Crippen molar-refractivity contribution >= 4 is 54.8 Å². The van der Waals surface area contributed by atoms with Gasteiger partial charge in [0.05, 0.1) is 15.1 Å². The maximum Gasteiger partial charge on any atom is 0.244 e. The van der Waals surface area contributed by atoms with Crippen LogP contribution in [0.2, 0.25) is 0 Å². The molecule has 0 spiro atoms. The molecule has 0 unspecified atom stereocenters. The number of benzene rings is 2. The van der Waals surface area contributed by atoms with Crippen molar-refractivity contribution in [2.24, 2.45) is 0 Å². The number of halogens is 1. The Hall–Kier alpha value is -2.00. The molecule has 0 saturated carbocycles. The number of para-hydroxylation sites is 1. The van der Waals surface area contributed by atoms with Crippen LogP contribution in [0.25, 0.3) is 10.2 Å². The number of hydrogen-bond acceptors (Lipinski definition) is 6. The number of carbonyl (C=O) groups excluding carboxylic acids is 1. The van der Waals surface area contributed by atoms with E-state index in [2.05, 4.69) is 23.7 Å². The largest absolute Gasteiger partial charge is 0.302 e. The van der Waals surface area contributed by atoms with Gasteiger partial charge in [-0.25, -0.2) is 13.4 Å². The minimum absolute atomic E-state index is 0. The summed E-state index contributed by atoms with van der Waals surface area (Å²) in [5.74, 6) is -1.03. The number of aryl methyl sites for hydroxylation is 2. The summed E-state index contributed by atoms with van der Waals surface area (Å²) in [5, 5.41) is 0.542. The van der Waals surface area contributed by atoms with E-state index in [-0.39, 0.29) is 17.3 Å². The molecule has 6 nitrogen and oxygen atoms in total. The van der Waals surface area contributed by atoms with Crippen LogP contribution < -0.4 is 4.90 Å². The van der Waals surface area contributed by atoms with Gasteiger partial charge in [-0.15, -0.1) is 12.4 Å². The summed E-state index contributed by atoms with van der Waals surface area (Å²) >= 11 is 1.42. The monoisotopic (exact) mass is 495 g/mol. The number of anilines is 1. The molecule has 9 heteroatoms. The molecule has 3 aromatic rings. The minimum atomic E-state index is -3.75. The Bertz CT molecular complexity index is 1160. The molecule has 3 rings (SSSR count). The van der Waals surface area contributed by atoms with Crippen LogP contribution in [0.5, 0.6) is 0 Å². The summed E-state index contributed by atoms with van der Waals surface area (Å²) in [4.78, 5) is 21.8. The molecule has 0 aliphatic rings. The zero-order valence-corrected chi connectivity index (χ0v) is 21.3. The fourth-order valence-electron chi connectivity index (χ4n) is 3.37. The molecule has 0 aliphatic carbocycles. The standard InChI is InChI=1S/C23H29N3O3S2.ClH/c1-5-25(6-2)14-15-26(23-24-22-18(4)8-7-9-20(22)30-23)21(27)16-31(28,29)19-12-10-17(3)11-13-19;/h7-13H,5-6,14-16H2,1-4H3;1H. The second-order valence-electron chi connectivity index (χ2n) is 7.56. The number of carbonyl (C=O) groups is 1. The highest BCUT2D eigenvalue weighted by molar-refractivity contribution is 7.92. The number of fused-ring (bicyclic) bond motifs is 1. The summed E-state index contributed by atoms with van der Waals surface area (Å²) in [7, 11) is -3.75. The lowest BCUT2D eigenvalue weighted by molar-refractivity contribution is -0.116. The average Bonchev–Trinajstić information content (AvgIpc) is 3.16. The van der Waals surface area contributed by atoms with E-state index < -0.39 is 21.5 Å². The van der Waals surface area contributed by atoms with Crippen molar-refractivity contribution in [3.63, 3.8) is 0 Å². The molecule has 0 N–H and O–H groups in total. The Morgan fingerprint density at radius 2 is 1.66 bits per heavy atom. The lowest BCUT2D eigenvalue weighted by Crippen LogP contribution is -2.41. The van der Waals surface area contributed by atoms with Gasteiger partial charge in [0, 0.05) is 13.1 Å². The van der Waals surface area contributed by atoms with Crippen LogP contribution in [0.1, 0.15) is 25.0 Å². The number of thiazole rings is 1. The Morgan fingerprint density at radius 1 is 1.00 bits per heavy atom. The van der Waals surface area contributed by atoms with Crippen LogP contribution in [0.15, 0.2) is 47.4 Å². The van der Waals surface area contributed by atoms with Crippen LogP contribution in [0, 0.1) is 13.8 Å². The fraction of sp³-hybridized carbons (Fsp3) is 0.391. The summed E-state index contributed by atoms with van der Waals surface area (Å²) in [6, 6.07) is 12.5. The van der Waals surface area contributed by atoms with Crippen LogP contribution in [-0.4, -0.2) is 56.1 Å². The zero-order valence-electron chi connectivity index (χ0n) is 18.9. The Morgan fingerprint density at radius 3 is 2.25 bits per heavy atom. The first-order chi connectivity index (χ1) is 14.7. The molecule has 0 saturated heterocycles. The number of amides is 1. The molecule has 1 aromatic heterocycles. The quantitative estimate of drug-likeness (QED) is 0.437. The van der Waals surface area contributed by atoms with E-state index in [4.69, 9.17) is 0 Å². The SMILES string of the molecule is CCN(CC)CCN(C(=O)CS(=O)(=O)c1ccc(C)cc1)c1nc2c(C)cccc2s1.Cl. The average molecular weight is 496 g/mol. The van der Waals surface area contributed by atoms with Gasteiger partial charge >= 0.3 is 0 Å². The maximum atomic E-state index is 13.2. The number of hydrogen-bond donors (Lipinski definition) is 0. The third-order valence-corrected chi connectivity index (χ3v) is 8.03. The van der Waals surface area contributed by atoms with Gasteiger partial charge in [0.15, 0.2) is 15.0 Å². The Labute approximate surface area is 200 Å². The molecule has 32 heavy (non-hydrogen) atoms. The minimum Gasteiger partial charge on any atom is -0.302 e. The van der Waals surface area contributed by atoms with E-state index in [9.17, 15) is 13.2 Å².